The molecule has 0 aromatic heterocycles. The standard InChI is InChI=1S/C33H23N2O3/c1-34-30(36)28-29(31(34)37)33(21-14-6-3-7-15-21)27-25-19-11-9-17-23(25)22-16-8-10-18-24(22)26(27)32(28,35(33)38)20-12-4-2-5-13-20/h2-19,28-29H,1H3/q-1/t28?,29?,32-,33+. The van der Waals surface area contributed by atoms with Crippen molar-refractivity contribution in [2.24, 2.45) is 11.8 Å². The lowest BCUT2D eigenvalue weighted by Crippen LogP contribution is -2.48. The van der Waals surface area contributed by atoms with E-state index in [4.69, 9.17) is 0 Å². The number of hydroxylamine groups is 2. The van der Waals surface area contributed by atoms with Crippen molar-refractivity contribution in [3.8, 4) is 0 Å². The van der Waals surface area contributed by atoms with Gasteiger partial charge in [0, 0.05) is 7.05 Å². The Morgan fingerprint density at radius 3 is 1.29 bits per heavy atom. The van der Waals surface area contributed by atoms with Crippen LogP contribution in [-0.4, -0.2) is 28.8 Å². The quantitative estimate of drug-likeness (QED) is 0.238. The maximum atomic E-state index is 15.4. The van der Waals surface area contributed by atoms with Crippen LogP contribution in [-0.2, 0) is 20.7 Å². The number of carbonyl (C=O) groups is 2. The van der Waals surface area contributed by atoms with Gasteiger partial charge in [0.25, 0.3) is 0 Å². The van der Waals surface area contributed by atoms with E-state index in [1.165, 1.54) is 4.90 Å². The molecule has 5 aromatic carbocycles. The van der Waals surface area contributed by atoms with Gasteiger partial charge in [-0.25, -0.2) is 0 Å². The van der Waals surface area contributed by atoms with Crippen molar-refractivity contribution in [2.75, 3.05) is 7.05 Å². The molecule has 2 bridgehead atoms. The number of rotatable bonds is 2. The third kappa shape index (κ3) is 2.15. The van der Waals surface area contributed by atoms with Crippen molar-refractivity contribution >= 4 is 33.4 Å². The van der Waals surface area contributed by atoms with Gasteiger partial charge in [-0.1, -0.05) is 109 Å². The van der Waals surface area contributed by atoms with Crippen molar-refractivity contribution < 1.29 is 9.59 Å². The van der Waals surface area contributed by atoms with Crippen molar-refractivity contribution in [1.82, 2.24) is 9.96 Å². The summed E-state index contributed by atoms with van der Waals surface area (Å²) in [4.78, 5) is 29.3. The molecule has 5 aromatic rings. The van der Waals surface area contributed by atoms with E-state index in [1.54, 1.807) is 7.05 Å². The molecule has 0 N–H and O–H groups in total. The lowest BCUT2D eigenvalue weighted by Gasteiger charge is -2.48. The average Bonchev–Trinajstić information content (AvgIpc) is 3.47. The fourth-order valence-corrected chi connectivity index (χ4v) is 7.90. The molecule has 0 aliphatic carbocycles. The number of carbonyl (C=O) groups excluding carboxylic acids is 2. The molecule has 0 saturated carbocycles. The number of nitrogens with zero attached hydrogens (tertiary/aromatic N) is 2. The molecule has 8 rings (SSSR count). The fourth-order valence-electron chi connectivity index (χ4n) is 7.90. The Morgan fingerprint density at radius 1 is 0.553 bits per heavy atom. The molecule has 4 atom stereocenters. The first-order valence-corrected chi connectivity index (χ1v) is 12.9. The predicted molar refractivity (Wildman–Crippen MR) is 146 cm³/mol. The Balaban J connectivity index is 1.69. The van der Waals surface area contributed by atoms with E-state index in [0.29, 0.717) is 0 Å². The van der Waals surface area contributed by atoms with Crippen LogP contribution in [0.4, 0.5) is 0 Å². The zero-order valence-corrected chi connectivity index (χ0v) is 20.7. The van der Waals surface area contributed by atoms with E-state index in [0.717, 1.165) is 48.9 Å². The maximum Gasteiger partial charge on any atom is 0.235 e. The minimum atomic E-state index is -1.36. The van der Waals surface area contributed by atoms with Gasteiger partial charge < -0.3 is 10.3 Å². The topological polar surface area (TPSA) is 63.7 Å². The van der Waals surface area contributed by atoms with E-state index >= 15 is 5.21 Å². The second kappa shape index (κ2) is 7.16. The Kier molecular flexibility index (Phi) is 4.10. The van der Waals surface area contributed by atoms with E-state index < -0.39 is 22.9 Å². The summed E-state index contributed by atoms with van der Waals surface area (Å²) in [6.45, 7) is 0. The fraction of sp³-hybridized carbons (Fsp3) is 0.152. The summed E-state index contributed by atoms with van der Waals surface area (Å²) in [5, 5.41) is 20.4. The number of amides is 2. The molecular formula is C33H23N2O3-. The van der Waals surface area contributed by atoms with Crippen molar-refractivity contribution in [2.45, 2.75) is 11.1 Å². The van der Waals surface area contributed by atoms with Crippen LogP contribution in [0.2, 0.25) is 0 Å². The summed E-state index contributed by atoms with van der Waals surface area (Å²) >= 11 is 0. The zero-order chi connectivity index (χ0) is 25.8. The van der Waals surface area contributed by atoms with Gasteiger partial charge in [0.1, 0.15) is 0 Å². The van der Waals surface area contributed by atoms with Crippen LogP contribution >= 0.6 is 0 Å². The molecule has 5 nitrogen and oxygen atoms in total. The number of hydrogen-bond donors (Lipinski definition) is 0. The average molecular weight is 496 g/mol. The molecule has 5 heteroatoms. The SMILES string of the molecule is CN1C(=O)C2C(C1=O)[C@@]1(c3ccccc3)c3c(c4ccccc4c4ccccc34)[C@]2(c2ccccc2)N1[O-]. The van der Waals surface area contributed by atoms with Gasteiger partial charge in [-0.3, -0.25) is 14.5 Å². The zero-order valence-electron chi connectivity index (χ0n) is 20.7. The highest BCUT2D eigenvalue weighted by molar-refractivity contribution is 6.16. The van der Waals surface area contributed by atoms with Gasteiger partial charge in [-0.05, 0) is 43.8 Å². The van der Waals surface area contributed by atoms with Crippen molar-refractivity contribution in [3.05, 3.63) is 137 Å². The van der Waals surface area contributed by atoms with E-state index in [1.807, 2.05) is 84.9 Å². The minimum absolute atomic E-state index is 0.301. The summed E-state index contributed by atoms with van der Waals surface area (Å²) in [5.74, 6) is -2.30. The third-order valence-electron chi connectivity index (χ3n) is 9.19. The summed E-state index contributed by atoms with van der Waals surface area (Å²) in [6, 6.07) is 35.4. The Hall–Kier alpha value is -4.32. The summed E-state index contributed by atoms with van der Waals surface area (Å²) < 4.78 is 0. The monoisotopic (exact) mass is 495 g/mol. The molecule has 38 heavy (non-hydrogen) atoms. The normalized spacial score (nSPS) is 27.9. The summed E-state index contributed by atoms with van der Waals surface area (Å²) in [5.41, 5.74) is 0.428. The lowest BCUT2D eigenvalue weighted by atomic mass is 9.59. The Morgan fingerprint density at radius 2 is 0.895 bits per heavy atom. The summed E-state index contributed by atoms with van der Waals surface area (Å²) in [6.07, 6.45) is 0. The minimum Gasteiger partial charge on any atom is -0.783 e. The summed E-state index contributed by atoms with van der Waals surface area (Å²) in [7, 11) is 1.55. The first kappa shape index (κ1) is 21.7. The molecule has 2 unspecified atom stereocenters. The molecule has 3 heterocycles. The van der Waals surface area contributed by atoms with Crippen LogP contribution in [0.5, 0.6) is 0 Å². The van der Waals surface area contributed by atoms with Gasteiger partial charge in [0.2, 0.25) is 11.8 Å². The first-order valence-electron chi connectivity index (χ1n) is 12.9. The smallest absolute Gasteiger partial charge is 0.235 e. The Bertz CT molecular complexity index is 1690. The largest absolute Gasteiger partial charge is 0.783 e. The molecule has 2 saturated heterocycles. The Labute approximate surface area is 219 Å². The first-order chi connectivity index (χ1) is 18.6. The van der Waals surface area contributed by atoms with Crippen LogP contribution in [0.25, 0.3) is 21.5 Å². The number of fused-ring (bicyclic) bond motifs is 13. The van der Waals surface area contributed by atoms with Gasteiger partial charge in [0.05, 0.1) is 22.9 Å². The van der Waals surface area contributed by atoms with Gasteiger partial charge in [-0.15, -0.1) is 0 Å². The van der Waals surface area contributed by atoms with Gasteiger partial charge >= 0.3 is 0 Å². The van der Waals surface area contributed by atoms with Crippen molar-refractivity contribution in [1.29, 1.82) is 0 Å². The van der Waals surface area contributed by atoms with Crippen LogP contribution in [0.15, 0.2) is 109 Å². The molecule has 0 radical (unpaired) electrons. The highest BCUT2D eigenvalue weighted by Gasteiger charge is 2.78. The molecule has 3 aliphatic rings. The highest BCUT2D eigenvalue weighted by atomic mass is 16.5. The van der Waals surface area contributed by atoms with Gasteiger partial charge in [-0.2, -0.15) is 0 Å². The van der Waals surface area contributed by atoms with Gasteiger partial charge in [0.15, 0.2) is 0 Å². The number of imide groups is 1. The number of benzene rings is 5. The van der Waals surface area contributed by atoms with Crippen LogP contribution < -0.4 is 0 Å². The molecular weight excluding hydrogens is 472 g/mol. The number of hydrogen-bond acceptors (Lipinski definition) is 4. The molecule has 0 spiro atoms. The molecule has 3 aliphatic heterocycles. The van der Waals surface area contributed by atoms with E-state index in [-0.39, 0.29) is 11.8 Å². The molecule has 184 valence electrons. The predicted octanol–water partition coefficient (Wildman–Crippen LogP) is 5.54. The third-order valence-corrected chi connectivity index (χ3v) is 9.19. The van der Waals surface area contributed by atoms with Crippen LogP contribution in [0.3, 0.4) is 0 Å². The van der Waals surface area contributed by atoms with Crippen LogP contribution in [0, 0.1) is 17.0 Å². The van der Waals surface area contributed by atoms with E-state index in [2.05, 4.69) is 24.3 Å². The van der Waals surface area contributed by atoms with E-state index in [9.17, 15) is 9.59 Å². The lowest BCUT2D eigenvalue weighted by molar-refractivity contribution is -0.140. The maximum absolute atomic E-state index is 15.4. The van der Waals surface area contributed by atoms with Crippen molar-refractivity contribution in [3.63, 3.8) is 0 Å². The molecule has 2 amide bonds. The highest BCUT2D eigenvalue weighted by Crippen LogP contribution is 2.73. The van der Waals surface area contributed by atoms with Crippen LogP contribution in [0.1, 0.15) is 22.3 Å². The second-order valence-corrected chi connectivity index (χ2v) is 10.6. The second-order valence-electron chi connectivity index (χ2n) is 10.6. The molecule has 2 fully saturated rings. The number of likely N-dealkylation sites (tertiary alicyclic amines) is 1.